The Morgan fingerprint density at radius 3 is 2.86 bits per heavy atom. The molecule has 1 N–H and O–H groups in total. The van der Waals surface area contributed by atoms with Crippen LogP contribution in [0.1, 0.15) is 63.5 Å². The van der Waals surface area contributed by atoms with Crippen LogP contribution >= 0.6 is 0 Å². The molecule has 0 amide bonds. The van der Waals surface area contributed by atoms with Crippen LogP contribution in [-0.4, -0.2) is 12.6 Å². The van der Waals surface area contributed by atoms with Gasteiger partial charge in [0.25, 0.3) is 0 Å². The van der Waals surface area contributed by atoms with Gasteiger partial charge in [0.05, 0.1) is 12.7 Å². The third-order valence-corrected chi connectivity index (χ3v) is 4.55. The van der Waals surface area contributed by atoms with Crippen LogP contribution in [0, 0.1) is 5.92 Å². The van der Waals surface area contributed by atoms with E-state index in [4.69, 9.17) is 4.74 Å². The van der Waals surface area contributed by atoms with Crippen molar-refractivity contribution in [3.8, 4) is 0 Å². The van der Waals surface area contributed by atoms with E-state index in [1.165, 1.54) is 49.7 Å². The van der Waals surface area contributed by atoms with E-state index in [0.29, 0.717) is 6.10 Å². The van der Waals surface area contributed by atoms with Crippen molar-refractivity contribution in [1.29, 1.82) is 0 Å². The molecule has 21 heavy (non-hydrogen) atoms. The second-order valence-corrected chi connectivity index (χ2v) is 6.37. The van der Waals surface area contributed by atoms with E-state index < -0.39 is 0 Å². The number of rotatable bonds is 8. The van der Waals surface area contributed by atoms with Crippen LogP contribution in [0.15, 0.2) is 24.3 Å². The molecular weight excluding hydrogens is 258 g/mol. The summed E-state index contributed by atoms with van der Waals surface area (Å²) >= 11 is 0. The second-order valence-electron chi connectivity index (χ2n) is 6.37. The fraction of sp³-hybridized carbons (Fsp3) is 0.684. The fourth-order valence-corrected chi connectivity index (χ4v) is 3.22. The topological polar surface area (TPSA) is 21.3 Å². The molecule has 0 spiro atoms. The van der Waals surface area contributed by atoms with Gasteiger partial charge in [-0.2, -0.15) is 0 Å². The molecule has 1 aromatic rings. The monoisotopic (exact) mass is 289 g/mol. The lowest BCUT2D eigenvalue weighted by Crippen LogP contribution is -2.22. The molecular formula is C19H31NO. The molecule has 2 rings (SSSR count). The molecule has 0 heterocycles. The molecule has 0 bridgehead atoms. The predicted octanol–water partition coefficient (Wildman–Crippen LogP) is 4.67. The summed E-state index contributed by atoms with van der Waals surface area (Å²) in [6.07, 6.45) is 8.20. The Bertz CT molecular complexity index is 404. The van der Waals surface area contributed by atoms with E-state index in [2.05, 4.69) is 43.4 Å². The molecule has 118 valence electrons. The van der Waals surface area contributed by atoms with Gasteiger partial charge in [-0.1, -0.05) is 57.4 Å². The molecule has 0 saturated heterocycles. The molecule has 1 aliphatic rings. The average Bonchev–Trinajstić information content (AvgIpc) is 2.54. The third-order valence-electron chi connectivity index (χ3n) is 4.55. The minimum Gasteiger partial charge on any atom is -0.374 e. The zero-order chi connectivity index (χ0) is 14.9. The van der Waals surface area contributed by atoms with Gasteiger partial charge < -0.3 is 10.1 Å². The van der Waals surface area contributed by atoms with Crippen molar-refractivity contribution >= 4 is 0 Å². The first-order chi connectivity index (χ1) is 10.3. The lowest BCUT2D eigenvalue weighted by atomic mass is 9.85. The van der Waals surface area contributed by atoms with Crippen molar-refractivity contribution in [3.05, 3.63) is 35.4 Å². The van der Waals surface area contributed by atoms with Gasteiger partial charge in [0, 0.05) is 6.54 Å². The van der Waals surface area contributed by atoms with E-state index in [1.54, 1.807) is 0 Å². The van der Waals surface area contributed by atoms with Gasteiger partial charge in [-0.3, -0.25) is 0 Å². The number of nitrogens with one attached hydrogen (secondary N) is 1. The minimum absolute atomic E-state index is 0.477. The Morgan fingerprint density at radius 1 is 1.19 bits per heavy atom. The summed E-state index contributed by atoms with van der Waals surface area (Å²) in [5, 5.41) is 3.46. The van der Waals surface area contributed by atoms with Gasteiger partial charge in [0.1, 0.15) is 0 Å². The van der Waals surface area contributed by atoms with Crippen molar-refractivity contribution in [2.24, 2.45) is 5.92 Å². The molecule has 2 nitrogen and oxygen atoms in total. The van der Waals surface area contributed by atoms with Gasteiger partial charge in [-0.05, 0) is 42.9 Å². The maximum absolute atomic E-state index is 6.16. The Balaban J connectivity index is 1.78. The number of hydrogen-bond donors (Lipinski definition) is 1. The van der Waals surface area contributed by atoms with Crippen molar-refractivity contribution < 1.29 is 4.74 Å². The molecule has 2 atom stereocenters. The smallest absolute Gasteiger partial charge is 0.0720 e. The minimum atomic E-state index is 0.477. The summed E-state index contributed by atoms with van der Waals surface area (Å²) in [5.74, 6) is 0.883. The fourth-order valence-electron chi connectivity index (χ4n) is 3.22. The Hall–Kier alpha value is -0.860. The molecule has 0 radical (unpaired) electrons. The van der Waals surface area contributed by atoms with Crippen LogP contribution in [0.25, 0.3) is 0 Å². The van der Waals surface area contributed by atoms with E-state index in [0.717, 1.165) is 25.6 Å². The molecule has 2 heteroatoms. The van der Waals surface area contributed by atoms with Crippen LogP contribution in [0.2, 0.25) is 0 Å². The molecule has 1 fully saturated rings. The Kier molecular flexibility index (Phi) is 7.25. The van der Waals surface area contributed by atoms with Gasteiger partial charge >= 0.3 is 0 Å². The largest absolute Gasteiger partial charge is 0.374 e. The molecule has 0 aliphatic heterocycles. The zero-order valence-corrected chi connectivity index (χ0v) is 13.7. The number of hydrogen-bond acceptors (Lipinski definition) is 2. The van der Waals surface area contributed by atoms with Gasteiger partial charge in [-0.15, -0.1) is 0 Å². The first-order valence-electron chi connectivity index (χ1n) is 8.72. The van der Waals surface area contributed by atoms with E-state index in [1.807, 2.05) is 0 Å². The summed E-state index contributed by atoms with van der Waals surface area (Å²) in [6, 6.07) is 8.81. The van der Waals surface area contributed by atoms with Gasteiger partial charge in [-0.25, -0.2) is 0 Å². The van der Waals surface area contributed by atoms with Crippen LogP contribution in [0.4, 0.5) is 0 Å². The highest BCUT2D eigenvalue weighted by molar-refractivity contribution is 5.22. The number of benzene rings is 1. The van der Waals surface area contributed by atoms with E-state index in [9.17, 15) is 0 Å². The first-order valence-corrected chi connectivity index (χ1v) is 8.72. The van der Waals surface area contributed by atoms with Crippen LogP contribution in [-0.2, 0) is 17.9 Å². The molecule has 1 aromatic carbocycles. The highest BCUT2D eigenvalue weighted by atomic mass is 16.5. The maximum atomic E-state index is 6.16. The van der Waals surface area contributed by atoms with Crippen molar-refractivity contribution in [1.82, 2.24) is 5.32 Å². The normalized spacial score (nSPS) is 22.4. The Morgan fingerprint density at radius 2 is 2.05 bits per heavy atom. The Labute approximate surface area is 130 Å². The van der Waals surface area contributed by atoms with Gasteiger partial charge in [0.2, 0.25) is 0 Å². The summed E-state index contributed by atoms with van der Waals surface area (Å²) in [5.41, 5.74) is 2.67. The van der Waals surface area contributed by atoms with Crippen molar-refractivity contribution in [3.63, 3.8) is 0 Å². The summed E-state index contributed by atoms with van der Waals surface area (Å²) in [6.45, 7) is 7.32. The predicted molar refractivity (Wildman–Crippen MR) is 89.3 cm³/mol. The van der Waals surface area contributed by atoms with Crippen LogP contribution in [0.5, 0.6) is 0 Å². The molecule has 1 saturated carbocycles. The maximum Gasteiger partial charge on any atom is 0.0720 e. The molecule has 2 unspecified atom stereocenters. The first kappa shape index (κ1) is 16.5. The highest BCUT2D eigenvalue weighted by Crippen LogP contribution is 2.28. The van der Waals surface area contributed by atoms with Crippen molar-refractivity contribution in [2.75, 3.05) is 6.54 Å². The zero-order valence-electron chi connectivity index (χ0n) is 13.7. The van der Waals surface area contributed by atoms with Crippen molar-refractivity contribution in [2.45, 2.75) is 71.6 Å². The number of ether oxygens (including phenoxy) is 1. The van der Waals surface area contributed by atoms with E-state index in [-0.39, 0.29) is 0 Å². The molecule has 0 aromatic heterocycles. The standard InChI is InChI=1S/C19H31NO/c1-3-11-20-14-17-8-5-9-18(12-17)15-21-19-10-6-7-16(4-2)13-19/h5,8-9,12,16,19-20H,3-4,6-7,10-11,13-15H2,1-2H3. The average molecular weight is 289 g/mol. The lowest BCUT2D eigenvalue weighted by molar-refractivity contribution is 0.00174. The summed E-state index contributed by atoms with van der Waals surface area (Å²) < 4.78 is 6.16. The van der Waals surface area contributed by atoms with E-state index >= 15 is 0 Å². The van der Waals surface area contributed by atoms with Crippen LogP contribution < -0.4 is 5.32 Å². The summed E-state index contributed by atoms with van der Waals surface area (Å²) in [4.78, 5) is 0. The third kappa shape index (κ3) is 5.80. The summed E-state index contributed by atoms with van der Waals surface area (Å²) in [7, 11) is 0. The lowest BCUT2D eigenvalue weighted by Gasteiger charge is -2.28. The van der Waals surface area contributed by atoms with Gasteiger partial charge in [0.15, 0.2) is 0 Å². The highest BCUT2D eigenvalue weighted by Gasteiger charge is 2.21. The van der Waals surface area contributed by atoms with Crippen LogP contribution in [0.3, 0.4) is 0 Å². The SMILES string of the molecule is CCCNCc1cccc(COC2CCCC(CC)C2)c1. The second kappa shape index (κ2) is 9.22. The molecule has 1 aliphatic carbocycles. The quantitative estimate of drug-likeness (QED) is 0.702.